The fourth-order valence-electron chi connectivity index (χ4n) is 4.55. The molecule has 0 radical (unpaired) electrons. The van der Waals surface area contributed by atoms with Gasteiger partial charge in [0, 0.05) is 37.9 Å². The Kier molecular flexibility index (Phi) is 5.72. The minimum Gasteiger partial charge on any atom is -0.329 e. The lowest BCUT2D eigenvalue weighted by atomic mass is 9.91. The molecule has 5 rings (SSSR count). The van der Waals surface area contributed by atoms with Crippen LogP contribution in [0.4, 0.5) is 0 Å². The van der Waals surface area contributed by atoms with Gasteiger partial charge in [0.05, 0.1) is 29.7 Å². The first-order chi connectivity index (χ1) is 16.2. The lowest BCUT2D eigenvalue weighted by Gasteiger charge is -2.29. The lowest BCUT2D eigenvalue weighted by molar-refractivity contribution is 0.286. The molecule has 160 valence electrons. The third kappa shape index (κ3) is 4.28. The van der Waals surface area contributed by atoms with Crippen LogP contribution >= 0.6 is 0 Å². The second-order valence-corrected chi connectivity index (χ2v) is 8.38. The average molecular weight is 430 g/mol. The van der Waals surface area contributed by atoms with Crippen molar-refractivity contribution in [2.45, 2.75) is 19.5 Å². The van der Waals surface area contributed by atoms with Gasteiger partial charge in [0.25, 0.3) is 0 Å². The molecule has 0 N–H and O–H groups in total. The van der Waals surface area contributed by atoms with E-state index in [0.717, 1.165) is 54.0 Å². The van der Waals surface area contributed by atoms with E-state index in [2.05, 4.69) is 63.0 Å². The maximum atomic E-state index is 9.82. The molecule has 5 nitrogen and oxygen atoms in total. The molecule has 0 amide bonds. The highest BCUT2D eigenvalue weighted by molar-refractivity contribution is 5.95. The van der Waals surface area contributed by atoms with Gasteiger partial charge in [-0.3, -0.25) is 4.90 Å². The number of nitriles is 2. The second kappa shape index (κ2) is 9.12. The summed E-state index contributed by atoms with van der Waals surface area (Å²) in [5, 5.41) is 21.2. The van der Waals surface area contributed by atoms with Crippen molar-refractivity contribution in [1.29, 1.82) is 10.5 Å². The first-order valence-electron chi connectivity index (χ1n) is 11.1. The van der Waals surface area contributed by atoms with Gasteiger partial charge in [-0.2, -0.15) is 10.5 Å². The van der Waals surface area contributed by atoms with Crippen LogP contribution < -0.4 is 0 Å². The van der Waals surface area contributed by atoms with Gasteiger partial charge in [0.2, 0.25) is 0 Å². The molecule has 3 aromatic carbocycles. The van der Waals surface area contributed by atoms with Crippen molar-refractivity contribution in [3.05, 3.63) is 107 Å². The summed E-state index contributed by atoms with van der Waals surface area (Å²) in [5.41, 5.74) is 6.10. The van der Waals surface area contributed by atoms with E-state index in [0.29, 0.717) is 12.1 Å². The van der Waals surface area contributed by atoms with E-state index in [4.69, 9.17) is 5.26 Å². The normalized spacial score (nSPS) is 14.2. The molecule has 0 atom stereocenters. The van der Waals surface area contributed by atoms with Gasteiger partial charge in [-0.1, -0.05) is 54.6 Å². The number of benzene rings is 3. The Bertz CT molecular complexity index is 1410. The first kappa shape index (κ1) is 20.7. The Morgan fingerprint density at radius 3 is 2.52 bits per heavy atom. The van der Waals surface area contributed by atoms with Crippen molar-refractivity contribution in [1.82, 2.24) is 14.5 Å². The molecule has 0 spiro atoms. The van der Waals surface area contributed by atoms with Crippen molar-refractivity contribution in [2.24, 2.45) is 0 Å². The van der Waals surface area contributed by atoms with Gasteiger partial charge in [-0.15, -0.1) is 0 Å². The molecule has 33 heavy (non-hydrogen) atoms. The molecule has 2 heterocycles. The number of imidazole rings is 1. The van der Waals surface area contributed by atoms with Crippen LogP contribution in [0.2, 0.25) is 0 Å². The number of hydrogen-bond donors (Lipinski definition) is 0. The zero-order valence-corrected chi connectivity index (χ0v) is 18.3. The van der Waals surface area contributed by atoms with Crippen LogP contribution in [0.3, 0.4) is 0 Å². The summed E-state index contributed by atoms with van der Waals surface area (Å²) in [6.45, 7) is 3.06. The quantitative estimate of drug-likeness (QED) is 0.441. The van der Waals surface area contributed by atoms with Gasteiger partial charge in [0.1, 0.15) is 0 Å². The Morgan fingerprint density at radius 2 is 1.70 bits per heavy atom. The molecule has 1 aliphatic heterocycles. The summed E-state index contributed by atoms with van der Waals surface area (Å²) < 4.78 is 2.16. The molecule has 0 saturated carbocycles. The Labute approximate surface area is 193 Å². The molecule has 0 aliphatic carbocycles. The van der Waals surface area contributed by atoms with Crippen molar-refractivity contribution in [2.75, 3.05) is 13.1 Å². The monoisotopic (exact) mass is 429 g/mol. The number of nitrogens with zero attached hydrogens (tertiary/aromatic N) is 5. The summed E-state index contributed by atoms with van der Waals surface area (Å²) in [5.74, 6) is 0. The lowest BCUT2D eigenvalue weighted by Crippen LogP contribution is -2.31. The maximum Gasteiger partial charge on any atom is 0.0991 e. The molecule has 1 aliphatic rings. The van der Waals surface area contributed by atoms with E-state index < -0.39 is 0 Å². The van der Waals surface area contributed by atoms with Crippen LogP contribution in [0.1, 0.15) is 28.8 Å². The van der Waals surface area contributed by atoms with Crippen LogP contribution in [0.5, 0.6) is 0 Å². The summed E-state index contributed by atoms with van der Waals surface area (Å²) >= 11 is 0. The third-order valence-electron chi connectivity index (χ3n) is 6.29. The Hall–Kier alpha value is -4.19. The van der Waals surface area contributed by atoms with E-state index >= 15 is 0 Å². The van der Waals surface area contributed by atoms with Gasteiger partial charge < -0.3 is 4.57 Å². The smallest absolute Gasteiger partial charge is 0.0991 e. The van der Waals surface area contributed by atoms with Crippen LogP contribution in [0.15, 0.2) is 84.8 Å². The van der Waals surface area contributed by atoms with Crippen LogP contribution in [-0.4, -0.2) is 27.5 Å². The highest BCUT2D eigenvalue weighted by Crippen LogP contribution is 2.32. The predicted molar refractivity (Wildman–Crippen MR) is 129 cm³/mol. The molecule has 0 unspecified atom stereocenters. The molecule has 5 heteroatoms. The maximum absolute atomic E-state index is 9.82. The van der Waals surface area contributed by atoms with E-state index in [9.17, 15) is 5.26 Å². The van der Waals surface area contributed by atoms with Crippen molar-refractivity contribution in [3.8, 4) is 12.1 Å². The topological polar surface area (TPSA) is 68.6 Å². The zero-order chi connectivity index (χ0) is 22.6. The zero-order valence-electron chi connectivity index (χ0n) is 18.3. The number of rotatable bonds is 5. The molecular formula is C28H23N5. The largest absolute Gasteiger partial charge is 0.329 e. The summed E-state index contributed by atoms with van der Waals surface area (Å²) in [6, 6.07) is 27.0. The number of fused-ring (bicyclic) bond motifs is 1. The first-order valence-corrected chi connectivity index (χ1v) is 11.1. The molecule has 0 saturated heterocycles. The van der Waals surface area contributed by atoms with Crippen molar-refractivity contribution in [3.63, 3.8) is 0 Å². The van der Waals surface area contributed by atoms with Crippen LogP contribution in [0.25, 0.3) is 16.3 Å². The summed E-state index contributed by atoms with van der Waals surface area (Å²) in [4.78, 5) is 6.78. The van der Waals surface area contributed by atoms with E-state index in [1.54, 1.807) is 0 Å². The highest BCUT2D eigenvalue weighted by Gasteiger charge is 2.22. The SMILES string of the molecule is N#CC1=C(c2cccc3ccccc23)CN(Cc2cncn2Cc2ccc(C#N)cc2)CC1. The molecule has 0 bridgehead atoms. The van der Waals surface area contributed by atoms with Gasteiger partial charge >= 0.3 is 0 Å². The van der Waals surface area contributed by atoms with Gasteiger partial charge in [-0.05, 0) is 46.0 Å². The van der Waals surface area contributed by atoms with E-state index in [1.165, 1.54) is 10.8 Å². The fourth-order valence-corrected chi connectivity index (χ4v) is 4.55. The minimum absolute atomic E-state index is 0.666. The molecule has 1 aromatic heterocycles. The number of aromatic nitrogens is 2. The predicted octanol–water partition coefficient (Wildman–Crippen LogP) is 5.14. The van der Waals surface area contributed by atoms with Crippen molar-refractivity contribution >= 4 is 16.3 Å². The average Bonchev–Trinajstić information content (AvgIpc) is 3.30. The minimum atomic E-state index is 0.666. The van der Waals surface area contributed by atoms with Crippen LogP contribution in [0, 0.1) is 22.7 Å². The van der Waals surface area contributed by atoms with Crippen molar-refractivity contribution < 1.29 is 0 Å². The molecule has 4 aromatic rings. The molecule has 0 fully saturated rings. The fraction of sp³-hybridized carbons (Fsp3) is 0.179. The van der Waals surface area contributed by atoms with Gasteiger partial charge in [0.15, 0.2) is 0 Å². The van der Waals surface area contributed by atoms with E-state index in [-0.39, 0.29) is 0 Å². The summed E-state index contributed by atoms with van der Waals surface area (Å²) in [7, 11) is 0. The second-order valence-electron chi connectivity index (χ2n) is 8.38. The Balaban J connectivity index is 1.38. The highest BCUT2D eigenvalue weighted by atomic mass is 15.2. The van der Waals surface area contributed by atoms with Crippen LogP contribution in [-0.2, 0) is 13.1 Å². The molecular weight excluding hydrogens is 406 g/mol. The summed E-state index contributed by atoms with van der Waals surface area (Å²) in [6.07, 6.45) is 4.53. The number of hydrogen-bond acceptors (Lipinski definition) is 4. The van der Waals surface area contributed by atoms with Gasteiger partial charge in [-0.25, -0.2) is 4.98 Å². The standard InChI is InChI=1S/C28H23N5/c29-14-21-8-10-22(11-9-21)17-33-20-31-16-25(33)18-32-13-12-24(15-30)28(19-32)27-7-3-5-23-4-1-2-6-26(23)27/h1-11,16,20H,12-13,17-19H2. The van der Waals surface area contributed by atoms with E-state index in [1.807, 2.05) is 42.9 Å². The Morgan fingerprint density at radius 1 is 0.879 bits per heavy atom. The third-order valence-corrected chi connectivity index (χ3v) is 6.29.